The van der Waals surface area contributed by atoms with E-state index in [9.17, 15) is 9.59 Å². The van der Waals surface area contributed by atoms with Gasteiger partial charge >= 0.3 is 0 Å². The number of amides is 2. The molecule has 0 saturated carbocycles. The van der Waals surface area contributed by atoms with Gasteiger partial charge in [0.25, 0.3) is 11.1 Å². The molecule has 2 heterocycles. The monoisotopic (exact) mass is 376 g/mol. The Kier molecular flexibility index (Phi) is 6.62. The molecule has 2 N–H and O–H groups in total. The summed E-state index contributed by atoms with van der Waals surface area (Å²) in [6.07, 6.45) is 2.14. The number of benzene rings is 1. The van der Waals surface area contributed by atoms with Gasteiger partial charge in [-0.1, -0.05) is 30.0 Å². The lowest BCUT2D eigenvalue weighted by molar-refractivity contribution is -0.119. The quantitative estimate of drug-likeness (QED) is 0.671. The van der Waals surface area contributed by atoms with Gasteiger partial charge in [0.2, 0.25) is 11.8 Å². The second-order valence-corrected chi connectivity index (χ2v) is 6.66. The summed E-state index contributed by atoms with van der Waals surface area (Å²) in [4.78, 5) is 23.8. The van der Waals surface area contributed by atoms with Crippen LogP contribution in [0.15, 0.2) is 40.0 Å². The Hall–Kier alpha value is -2.39. The van der Waals surface area contributed by atoms with E-state index in [1.165, 1.54) is 0 Å². The molecule has 0 unspecified atom stereocenters. The van der Waals surface area contributed by atoms with Gasteiger partial charge in [-0.15, -0.1) is 10.2 Å². The first-order chi connectivity index (χ1) is 12.7. The van der Waals surface area contributed by atoms with Crippen molar-refractivity contribution in [1.29, 1.82) is 0 Å². The van der Waals surface area contributed by atoms with Crippen molar-refractivity contribution in [1.82, 2.24) is 20.8 Å². The molecule has 1 fully saturated rings. The molecule has 0 radical (unpaired) electrons. The summed E-state index contributed by atoms with van der Waals surface area (Å²) in [6.45, 7) is 1.42. The molecule has 1 saturated heterocycles. The van der Waals surface area contributed by atoms with E-state index in [1.807, 2.05) is 6.07 Å². The highest BCUT2D eigenvalue weighted by molar-refractivity contribution is 7.99. The van der Waals surface area contributed by atoms with Crippen LogP contribution in [0, 0.1) is 0 Å². The van der Waals surface area contributed by atoms with Crippen molar-refractivity contribution in [3.63, 3.8) is 0 Å². The fourth-order valence-electron chi connectivity index (χ4n) is 2.43. The van der Waals surface area contributed by atoms with Crippen LogP contribution in [-0.2, 0) is 16.1 Å². The van der Waals surface area contributed by atoms with E-state index in [0.29, 0.717) is 17.3 Å². The van der Waals surface area contributed by atoms with Crippen LogP contribution in [0.1, 0.15) is 29.1 Å². The number of carbonyl (C=O) groups excluding carboxylic acids is 2. The highest BCUT2D eigenvalue weighted by Crippen LogP contribution is 2.16. The maximum atomic E-state index is 12.0. The number of ether oxygens (including phenoxy) is 1. The Bertz CT molecular complexity index is 731. The van der Waals surface area contributed by atoms with E-state index in [4.69, 9.17) is 9.15 Å². The topological polar surface area (TPSA) is 106 Å². The van der Waals surface area contributed by atoms with Gasteiger partial charge in [0.1, 0.15) is 0 Å². The first-order valence-electron chi connectivity index (χ1n) is 8.37. The van der Waals surface area contributed by atoms with Crippen LogP contribution in [0.3, 0.4) is 0 Å². The normalized spacial score (nSPS) is 16.4. The molecule has 138 valence electrons. The van der Waals surface area contributed by atoms with E-state index >= 15 is 0 Å². The smallest absolute Gasteiger partial charge is 0.277 e. The van der Waals surface area contributed by atoms with Gasteiger partial charge in [-0.05, 0) is 25.0 Å². The minimum absolute atomic E-state index is 0.109. The Labute approximate surface area is 155 Å². The largest absolute Gasteiger partial charge is 0.414 e. The first kappa shape index (κ1) is 18.4. The number of hydrogen-bond donors (Lipinski definition) is 2. The summed E-state index contributed by atoms with van der Waals surface area (Å²) < 4.78 is 10.9. The van der Waals surface area contributed by atoms with Crippen LogP contribution in [0.5, 0.6) is 0 Å². The molecule has 3 rings (SSSR count). The van der Waals surface area contributed by atoms with E-state index in [-0.39, 0.29) is 36.1 Å². The van der Waals surface area contributed by atoms with Gasteiger partial charge in [0, 0.05) is 18.7 Å². The number of nitrogens with one attached hydrogen (secondary N) is 2. The number of rotatable bonds is 8. The molecule has 8 nitrogen and oxygen atoms in total. The van der Waals surface area contributed by atoms with Crippen molar-refractivity contribution in [3.8, 4) is 0 Å². The van der Waals surface area contributed by atoms with Crippen LogP contribution < -0.4 is 10.6 Å². The average molecular weight is 376 g/mol. The molecule has 0 spiro atoms. The summed E-state index contributed by atoms with van der Waals surface area (Å²) in [7, 11) is 0. The Morgan fingerprint density at radius 3 is 2.81 bits per heavy atom. The van der Waals surface area contributed by atoms with Gasteiger partial charge < -0.3 is 19.8 Å². The molecule has 1 aromatic heterocycles. The second-order valence-electron chi connectivity index (χ2n) is 5.74. The lowest BCUT2D eigenvalue weighted by Crippen LogP contribution is -2.32. The maximum Gasteiger partial charge on any atom is 0.277 e. The van der Waals surface area contributed by atoms with Crippen LogP contribution in [0.4, 0.5) is 0 Å². The van der Waals surface area contributed by atoms with Gasteiger partial charge in [0.05, 0.1) is 18.4 Å². The number of nitrogens with zero attached hydrogens (tertiary/aromatic N) is 2. The zero-order valence-electron chi connectivity index (χ0n) is 14.1. The lowest BCUT2D eigenvalue weighted by Gasteiger charge is -2.09. The molecule has 1 atom stereocenters. The van der Waals surface area contributed by atoms with Crippen LogP contribution >= 0.6 is 11.8 Å². The van der Waals surface area contributed by atoms with Gasteiger partial charge in [-0.3, -0.25) is 9.59 Å². The fourth-order valence-corrected chi connectivity index (χ4v) is 3.04. The zero-order valence-corrected chi connectivity index (χ0v) is 15.0. The highest BCUT2D eigenvalue weighted by Gasteiger charge is 2.17. The molecule has 1 aromatic carbocycles. The third-order valence-electron chi connectivity index (χ3n) is 3.76. The molecule has 0 aliphatic carbocycles. The Balaban J connectivity index is 1.37. The number of aromatic nitrogens is 2. The molecule has 26 heavy (non-hydrogen) atoms. The lowest BCUT2D eigenvalue weighted by atomic mass is 10.2. The zero-order chi connectivity index (χ0) is 18.2. The minimum Gasteiger partial charge on any atom is -0.414 e. The third kappa shape index (κ3) is 5.57. The van der Waals surface area contributed by atoms with E-state index < -0.39 is 0 Å². The van der Waals surface area contributed by atoms with Crippen molar-refractivity contribution in [2.24, 2.45) is 0 Å². The van der Waals surface area contributed by atoms with Crippen molar-refractivity contribution in [3.05, 3.63) is 41.8 Å². The molecule has 2 aromatic rings. The number of hydrogen-bond acceptors (Lipinski definition) is 7. The first-order valence-corrected chi connectivity index (χ1v) is 9.36. The molecule has 1 aliphatic heterocycles. The molecule has 2 amide bonds. The summed E-state index contributed by atoms with van der Waals surface area (Å²) in [5.41, 5.74) is 0.560. The van der Waals surface area contributed by atoms with Crippen molar-refractivity contribution in [2.75, 3.05) is 18.9 Å². The van der Waals surface area contributed by atoms with Crippen LogP contribution in [-0.4, -0.2) is 47.0 Å². The third-order valence-corrected chi connectivity index (χ3v) is 4.58. The summed E-state index contributed by atoms with van der Waals surface area (Å²) in [6, 6.07) is 8.87. The van der Waals surface area contributed by atoms with Gasteiger partial charge in [-0.25, -0.2) is 0 Å². The van der Waals surface area contributed by atoms with Crippen molar-refractivity contribution in [2.45, 2.75) is 30.7 Å². The molecular formula is C17H20N4O4S. The summed E-state index contributed by atoms with van der Waals surface area (Å²) in [5, 5.41) is 13.6. The maximum absolute atomic E-state index is 12.0. The second kappa shape index (κ2) is 9.35. The van der Waals surface area contributed by atoms with E-state index in [1.54, 1.807) is 24.3 Å². The van der Waals surface area contributed by atoms with Crippen molar-refractivity contribution < 1.29 is 18.7 Å². The number of carbonyl (C=O) groups is 2. The Morgan fingerprint density at radius 2 is 2.04 bits per heavy atom. The standard InChI is InChI=1S/C17H20N4O4S/c22-14(18-9-13-7-4-8-24-13)11-26-17-21-20-15(25-17)10-19-16(23)12-5-2-1-3-6-12/h1-3,5-6,13H,4,7-11H2,(H,18,22)(H,19,23)/t13-/m0/s1. The fraction of sp³-hybridized carbons (Fsp3) is 0.412. The summed E-state index contributed by atoms with van der Waals surface area (Å²) >= 11 is 1.16. The SMILES string of the molecule is O=C(CSc1nnc(CNC(=O)c2ccccc2)o1)NC[C@@H]1CCCO1. The molecule has 9 heteroatoms. The van der Waals surface area contributed by atoms with Gasteiger partial charge in [-0.2, -0.15) is 0 Å². The van der Waals surface area contributed by atoms with E-state index in [0.717, 1.165) is 31.2 Å². The van der Waals surface area contributed by atoms with Gasteiger partial charge in [0.15, 0.2) is 0 Å². The predicted octanol–water partition coefficient (Wildman–Crippen LogP) is 1.39. The molecular weight excluding hydrogens is 356 g/mol. The van der Waals surface area contributed by atoms with Crippen LogP contribution in [0.2, 0.25) is 0 Å². The summed E-state index contributed by atoms with van der Waals surface area (Å²) in [5.74, 6) is 0.149. The highest BCUT2D eigenvalue weighted by atomic mass is 32.2. The molecule has 0 bridgehead atoms. The van der Waals surface area contributed by atoms with Crippen molar-refractivity contribution >= 4 is 23.6 Å². The van der Waals surface area contributed by atoms with E-state index in [2.05, 4.69) is 20.8 Å². The predicted molar refractivity (Wildman–Crippen MR) is 94.6 cm³/mol. The number of thioether (sulfide) groups is 1. The Morgan fingerprint density at radius 1 is 1.19 bits per heavy atom. The molecule has 1 aliphatic rings. The minimum atomic E-state index is -0.216. The average Bonchev–Trinajstić information content (AvgIpc) is 3.35. The van der Waals surface area contributed by atoms with Crippen LogP contribution in [0.25, 0.3) is 0 Å².